The summed E-state index contributed by atoms with van der Waals surface area (Å²) in [4.78, 5) is 0.593. The molecule has 0 fully saturated rings. The lowest BCUT2D eigenvalue weighted by atomic mass is 10.2. The Hall–Kier alpha value is -0.600. The van der Waals surface area contributed by atoms with Crippen molar-refractivity contribution in [2.45, 2.75) is 50.6 Å². The molecule has 26 heavy (non-hydrogen) atoms. The smallest absolute Gasteiger partial charge is 0.348 e. The highest BCUT2D eigenvalue weighted by molar-refractivity contribution is 7.83. The molecule has 1 N–H and O–H groups in total. The molecular weight excluding hydrogens is 377 g/mol. The number of ether oxygens (including phenoxy) is 2. The molecule has 2 atom stereocenters. The van der Waals surface area contributed by atoms with Crippen LogP contribution in [0.2, 0.25) is 0 Å². The molecule has 0 heterocycles. The average molecular weight is 407 g/mol. The fourth-order valence-electron chi connectivity index (χ4n) is 2.34. The van der Waals surface area contributed by atoms with E-state index in [9.17, 15) is 8.77 Å². The van der Waals surface area contributed by atoms with Crippen LogP contribution in [-0.2, 0) is 34.1 Å². The van der Waals surface area contributed by atoms with E-state index in [1.165, 1.54) is 14.2 Å². The molecule has 0 aromatic heterocycles. The normalized spacial score (nSPS) is 14.5. The van der Waals surface area contributed by atoms with Gasteiger partial charge in [-0.1, -0.05) is 17.7 Å². The molecule has 0 bridgehead atoms. The highest BCUT2D eigenvalue weighted by Gasteiger charge is 2.37. The Morgan fingerprint density at radius 3 is 2.04 bits per heavy atom. The van der Waals surface area contributed by atoms with Gasteiger partial charge in [0.2, 0.25) is 0 Å². The van der Waals surface area contributed by atoms with Gasteiger partial charge in [-0.3, -0.25) is 4.57 Å². The van der Waals surface area contributed by atoms with Crippen molar-refractivity contribution in [3.8, 4) is 0 Å². The molecular formula is C17H30NO6PS. The van der Waals surface area contributed by atoms with Gasteiger partial charge in [-0.15, -0.1) is 0 Å². The fraction of sp³-hybridized carbons (Fsp3) is 0.647. The zero-order valence-corrected chi connectivity index (χ0v) is 17.8. The van der Waals surface area contributed by atoms with Crippen LogP contribution in [0.1, 0.15) is 32.3 Å². The zero-order valence-electron chi connectivity index (χ0n) is 16.1. The van der Waals surface area contributed by atoms with E-state index in [4.69, 9.17) is 18.5 Å². The SMILES string of the molecule is CCOP(=O)(OCC)[C@H](CCC(OC)OC)NS(=O)c1ccc(C)cc1. The second-order valence-corrected chi connectivity index (χ2v) is 9.03. The number of aryl methyl sites for hydroxylation is 1. The second kappa shape index (κ2) is 12.0. The maximum atomic E-state index is 13.2. The van der Waals surface area contributed by atoms with Crippen molar-refractivity contribution in [1.29, 1.82) is 0 Å². The number of methoxy groups -OCH3 is 2. The van der Waals surface area contributed by atoms with Crippen LogP contribution < -0.4 is 4.72 Å². The van der Waals surface area contributed by atoms with Crippen LogP contribution in [0, 0.1) is 6.92 Å². The maximum Gasteiger partial charge on any atom is 0.348 e. The molecule has 0 saturated heterocycles. The molecule has 0 saturated carbocycles. The molecule has 9 heteroatoms. The van der Waals surface area contributed by atoms with Crippen LogP contribution >= 0.6 is 7.60 Å². The van der Waals surface area contributed by atoms with E-state index in [2.05, 4.69) is 4.72 Å². The summed E-state index contributed by atoms with van der Waals surface area (Å²) in [7, 11) is -2.00. The topological polar surface area (TPSA) is 83.1 Å². The number of hydrogen-bond donors (Lipinski definition) is 1. The summed E-state index contributed by atoms with van der Waals surface area (Å²) >= 11 is 0. The third kappa shape index (κ3) is 7.19. The van der Waals surface area contributed by atoms with Crippen LogP contribution in [0.5, 0.6) is 0 Å². The molecule has 1 unspecified atom stereocenters. The van der Waals surface area contributed by atoms with Crippen LogP contribution in [0.4, 0.5) is 0 Å². The Morgan fingerprint density at radius 1 is 1.04 bits per heavy atom. The van der Waals surface area contributed by atoms with E-state index in [0.717, 1.165) is 5.56 Å². The summed E-state index contributed by atoms with van der Waals surface area (Å²) in [6.45, 7) is 5.89. The van der Waals surface area contributed by atoms with E-state index in [0.29, 0.717) is 17.7 Å². The molecule has 0 aliphatic heterocycles. The quantitative estimate of drug-likeness (QED) is 0.397. The highest BCUT2D eigenvalue weighted by atomic mass is 32.2. The molecule has 0 aliphatic carbocycles. The van der Waals surface area contributed by atoms with E-state index in [-0.39, 0.29) is 13.2 Å². The average Bonchev–Trinajstić information content (AvgIpc) is 2.62. The number of rotatable bonds is 13. The van der Waals surface area contributed by atoms with Gasteiger partial charge in [0.1, 0.15) is 16.8 Å². The largest absolute Gasteiger partial charge is 0.356 e. The first-order valence-electron chi connectivity index (χ1n) is 8.59. The van der Waals surface area contributed by atoms with Gasteiger partial charge in [0, 0.05) is 20.6 Å². The van der Waals surface area contributed by atoms with Crippen molar-refractivity contribution >= 4 is 18.6 Å². The predicted molar refractivity (Wildman–Crippen MR) is 102 cm³/mol. The minimum Gasteiger partial charge on any atom is -0.356 e. The first kappa shape index (κ1) is 23.4. The number of hydrogen-bond acceptors (Lipinski definition) is 6. The summed E-state index contributed by atoms with van der Waals surface area (Å²) in [6.07, 6.45) is 0.338. The van der Waals surface area contributed by atoms with Gasteiger partial charge < -0.3 is 18.5 Å². The van der Waals surface area contributed by atoms with Crippen molar-refractivity contribution in [1.82, 2.24) is 4.72 Å². The highest BCUT2D eigenvalue weighted by Crippen LogP contribution is 2.53. The summed E-state index contributed by atoms with van der Waals surface area (Å²) < 4.78 is 50.1. The van der Waals surface area contributed by atoms with Gasteiger partial charge in [-0.2, -0.15) is 0 Å². The minimum atomic E-state index is -3.51. The lowest BCUT2D eigenvalue weighted by molar-refractivity contribution is -0.107. The van der Waals surface area contributed by atoms with Crippen molar-refractivity contribution in [2.24, 2.45) is 0 Å². The first-order valence-corrected chi connectivity index (χ1v) is 11.3. The minimum absolute atomic E-state index is 0.227. The lowest BCUT2D eigenvalue weighted by Crippen LogP contribution is -2.33. The van der Waals surface area contributed by atoms with E-state index >= 15 is 0 Å². The Balaban J connectivity index is 2.99. The fourth-order valence-corrected chi connectivity index (χ4v) is 5.65. The van der Waals surface area contributed by atoms with Crippen molar-refractivity contribution in [3.63, 3.8) is 0 Å². The van der Waals surface area contributed by atoms with Gasteiger partial charge in [0.15, 0.2) is 6.29 Å². The zero-order chi connectivity index (χ0) is 19.6. The van der Waals surface area contributed by atoms with Crippen molar-refractivity contribution in [3.05, 3.63) is 29.8 Å². The number of benzene rings is 1. The molecule has 0 spiro atoms. The molecule has 7 nitrogen and oxygen atoms in total. The molecule has 0 radical (unpaired) electrons. The third-order valence-electron chi connectivity index (χ3n) is 3.68. The Kier molecular flexibility index (Phi) is 10.8. The van der Waals surface area contributed by atoms with E-state index in [1.807, 2.05) is 19.1 Å². The van der Waals surface area contributed by atoms with E-state index < -0.39 is 30.7 Å². The van der Waals surface area contributed by atoms with Crippen molar-refractivity contribution in [2.75, 3.05) is 27.4 Å². The first-order chi connectivity index (χ1) is 12.4. The van der Waals surface area contributed by atoms with E-state index in [1.54, 1.807) is 26.0 Å². The monoisotopic (exact) mass is 407 g/mol. The third-order valence-corrected chi connectivity index (χ3v) is 7.44. The molecule has 0 amide bonds. The molecule has 150 valence electrons. The summed E-state index contributed by atoms with van der Waals surface area (Å²) in [6, 6.07) is 7.30. The number of nitrogens with one attached hydrogen (secondary N) is 1. The summed E-state index contributed by atoms with van der Waals surface area (Å²) in [5.41, 5.74) is 1.07. The summed E-state index contributed by atoms with van der Waals surface area (Å²) in [5, 5.41) is 0. The standard InChI is InChI=1S/C17H30NO6PS/c1-6-23-25(19,24-7-2)16(12-13-17(21-4)22-5)18-26(20)15-10-8-14(3)9-11-15/h8-11,16-18H,6-7,12-13H2,1-5H3/t16-,26?/m1/s1. The second-order valence-electron chi connectivity index (χ2n) is 5.57. The van der Waals surface area contributed by atoms with Gasteiger partial charge in [-0.05, 0) is 39.3 Å². The van der Waals surface area contributed by atoms with Gasteiger partial charge in [-0.25, -0.2) is 8.93 Å². The van der Waals surface area contributed by atoms with Gasteiger partial charge in [0.05, 0.1) is 18.1 Å². The molecule has 1 aromatic carbocycles. The van der Waals surface area contributed by atoms with Crippen molar-refractivity contribution < 1.29 is 27.3 Å². The van der Waals surface area contributed by atoms with Crippen LogP contribution in [0.25, 0.3) is 0 Å². The Labute approximate surface area is 158 Å². The summed E-state index contributed by atoms with van der Waals surface area (Å²) in [5.74, 6) is -0.752. The Morgan fingerprint density at radius 2 is 1.58 bits per heavy atom. The predicted octanol–water partition coefficient (Wildman–Crippen LogP) is 3.60. The maximum absolute atomic E-state index is 13.2. The lowest BCUT2D eigenvalue weighted by Gasteiger charge is -2.27. The van der Waals surface area contributed by atoms with Crippen LogP contribution in [0.3, 0.4) is 0 Å². The molecule has 0 aliphatic rings. The van der Waals surface area contributed by atoms with Gasteiger partial charge >= 0.3 is 7.60 Å². The van der Waals surface area contributed by atoms with Crippen LogP contribution in [-0.4, -0.2) is 43.7 Å². The Bertz CT molecular complexity index is 583. The van der Waals surface area contributed by atoms with Gasteiger partial charge in [0.25, 0.3) is 0 Å². The van der Waals surface area contributed by atoms with Crippen LogP contribution in [0.15, 0.2) is 29.2 Å². The molecule has 1 rings (SSSR count). The molecule has 1 aromatic rings.